The van der Waals surface area contributed by atoms with Gasteiger partial charge in [-0.3, -0.25) is 0 Å². The number of nitrogens with zero attached hydrogens (tertiary/aromatic N) is 2. The second kappa shape index (κ2) is 5.51. The number of H-pyrrole nitrogens is 1. The van der Waals surface area contributed by atoms with E-state index >= 15 is 0 Å². The summed E-state index contributed by atoms with van der Waals surface area (Å²) in [6, 6.07) is 3.72. The maximum atomic E-state index is 5.77. The molecule has 0 aliphatic rings. The zero-order chi connectivity index (χ0) is 11.2. The highest BCUT2D eigenvalue weighted by Crippen LogP contribution is 2.11. The lowest BCUT2D eigenvalue weighted by Gasteiger charge is -2.05. The number of hydrogen-bond donors (Lipinski definition) is 2. The Hall–Kier alpha value is -1.55. The van der Waals surface area contributed by atoms with Crippen LogP contribution >= 0.6 is 11.6 Å². The van der Waals surface area contributed by atoms with Crippen LogP contribution in [0.3, 0.4) is 0 Å². The molecule has 2 aromatic rings. The van der Waals surface area contributed by atoms with Crippen LogP contribution in [0.1, 0.15) is 12.2 Å². The third-order valence-corrected chi connectivity index (χ3v) is 2.41. The molecule has 16 heavy (non-hydrogen) atoms. The SMILES string of the molecule is Clc1cc(NCCCc2ncc[nH]2)ccn1. The van der Waals surface area contributed by atoms with E-state index in [0.717, 1.165) is 30.9 Å². The molecule has 2 heterocycles. The summed E-state index contributed by atoms with van der Waals surface area (Å²) in [6.45, 7) is 0.890. The summed E-state index contributed by atoms with van der Waals surface area (Å²) in [5.74, 6) is 1.02. The molecule has 2 rings (SSSR count). The molecule has 0 fully saturated rings. The van der Waals surface area contributed by atoms with Crippen LogP contribution in [-0.4, -0.2) is 21.5 Å². The Morgan fingerprint density at radius 3 is 3.00 bits per heavy atom. The van der Waals surface area contributed by atoms with Gasteiger partial charge in [0.1, 0.15) is 11.0 Å². The van der Waals surface area contributed by atoms with Crippen LogP contribution in [-0.2, 0) is 6.42 Å². The zero-order valence-corrected chi connectivity index (χ0v) is 9.54. The minimum Gasteiger partial charge on any atom is -0.385 e. The molecule has 0 saturated heterocycles. The van der Waals surface area contributed by atoms with Gasteiger partial charge in [0.2, 0.25) is 0 Å². The first-order valence-corrected chi connectivity index (χ1v) is 5.56. The molecule has 0 atom stereocenters. The number of nitrogens with one attached hydrogen (secondary N) is 2. The Kier molecular flexibility index (Phi) is 3.77. The molecule has 84 valence electrons. The average Bonchev–Trinajstić information content (AvgIpc) is 2.77. The number of halogens is 1. The highest BCUT2D eigenvalue weighted by Gasteiger charge is 1.96. The van der Waals surface area contributed by atoms with Gasteiger partial charge in [-0.25, -0.2) is 9.97 Å². The van der Waals surface area contributed by atoms with Gasteiger partial charge in [-0.05, 0) is 18.6 Å². The smallest absolute Gasteiger partial charge is 0.131 e. The monoisotopic (exact) mass is 236 g/mol. The van der Waals surface area contributed by atoms with Gasteiger partial charge in [0.15, 0.2) is 0 Å². The Labute approximate surface area is 99.1 Å². The Bertz CT molecular complexity index is 427. The van der Waals surface area contributed by atoms with Crippen molar-refractivity contribution < 1.29 is 0 Å². The van der Waals surface area contributed by atoms with Crippen molar-refractivity contribution >= 4 is 17.3 Å². The van der Waals surface area contributed by atoms with Crippen molar-refractivity contribution in [1.82, 2.24) is 15.0 Å². The largest absolute Gasteiger partial charge is 0.385 e. The molecule has 5 heteroatoms. The number of imidazole rings is 1. The highest BCUT2D eigenvalue weighted by atomic mass is 35.5. The first kappa shape index (κ1) is 11.0. The van der Waals surface area contributed by atoms with Gasteiger partial charge in [0.25, 0.3) is 0 Å². The van der Waals surface area contributed by atoms with Crippen LogP contribution in [0.4, 0.5) is 5.69 Å². The van der Waals surface area contributed by atoms with Crippen LogP contribution in [0.25, 0.3) is 0 Å². The summed E-state index contributed by atoms with van der Waals surface area (Å²) in [6.07, 6.45) is 7.26. The Balaban J connectivity index is 1.72. The molecule has 2 N–H and O–H groups in total. The minimum atomic E-state index is 0.510. The maximum Gasteiger partial charge on any atom is 0.131 e. The number of aromatic amines is 1. The predicted molar refractivity (Wildman–Crippen MR) is 64.6 cm³/mol. The van der Waals surface area contributed by atoms with E-state index in [-0.39, 0.29) is 0 Å². The summed E-state index contributed by atoms with van der Waals surface area (Å²) >= 11 is 5.77. The van der Waals surface area contributed by atoms with E-state index in [9.17, 15) is 0 Å². The average molecular weight is 237 g/mol. The van der Waals surface area contributed by atoms with Crippen molar-refractivity contribution in [3.8, 4) is 0 Å². The quantitative estimate of drug-likeness (QED) is 0.620. The Morgan fingerprint density at radius 2 is 2.25 bits per heavy atom. The normalized spacial score (nSPS) is 10.3. The second-order valence-corrected chi connectivity index (χ2v) is 3.82. The van der Waals surface area contributed by atoms with E-state index in [0.29, 0.717) is 5.15 Å². The maximum absolute atomic E-state index is 5.77. The number of hydrogen-bond acceptors (Lipinski definition) is 3. The van der Waals surface area contributed by atoms with E-state index in [1.165, 1.54) is 0 Å². The fraction of sp³-hybridized carbons (Fsp3) is 0.273. The Morgan fingerprint density at radius 1 is 1.31 bits per heavy atom. The van der Waals surface area contributed by atoms with Crippen molar-refractivity contribution in [2.75, 3.05) is 11.9 Å². The summed E-state index contributed by atoms with van der Waals surface area (Å²) in [5, 5.41) is 3.79. The van der Waals surface area contributed by atoms with Crippen LogP contribution in [0.5, 0.6) is 0 Å². The van der Waals surface area contributed by atoms with Gasteiger partial charge >= 0.3 is 0 Å². The van der Waals surface area contributed by atoms with Crippen molar-refractivity contribution in [3.05, 3.63) is 41.7 Å². The van der Waals surface area contributed by atoms with Gasteiger partial charge in [-0.15, -0.1) is 0 Å². The summed E-state index contributed by atoms with van der Waals surface area (Å²) in [4.78, 5) is 11.2. The summed E-state index contributed by atoms with van der Waals surface area (Å²) in [7, 11) is 0. The van der Waals surface area contributed by atoms with E-state index < -0.39 is 0 Å². The number of aryl methyl sites for hydroxylation is 1. The first-order valence-electron chi connectivity index (χ1n) is 5.18. The molecular weight excluding hydrogens is 224 g/mol. The third-order valence-electron chi connectivity index (χ3n) is 2.20. The fourth-order valence-electron chi connectivity index (χ4n) is 1.44. The van der Waals surface area contributed by atoms with Gasteiger partial charge < -0.3 is 10.3 Å². The predicted octanol–water partition coefficient (Wildman–Crippen LogP) is 2.50. The van der Waals surface area contributed by atoms with Gasteiger partial charge in [-0.2, -0.15) is 0 Å². The van der Waals surface area contributed by atoms with Gasteiger partial charge in [-0.1, -0.05) is 11.6 Å². The molecule has 0 aromatic carbocycles. The fourth-order valence-corrected chi connectivity index (χ4v) is 1.61. The van der Waals surface area contributed by atoms with Crippen molar-refractivity contribution in [3.63, 3.8) is 0 Å². The number of anilines is 1. The van der Waals surface area contributed by atoms with E-state index in [1.54, 1.807) is 12.4 Å². The van der Waals surface area contributed by atoms with Crippen LogP contribution in [0, 0.1) is 0 Å². The molecule has 0 aliphatic heterocycles. The molecule has 0 amide bonds. The van der Waals surface area contributed by atoms with Gasteiger partial charge in [0, 0.05) is 37.2 Å². The third kappa shape index (κ3) is 3.24. The lowest BCUT2D eigenvalue weighted by molar-refractivity contribution is 0.816. The molecule has 0 bridgehead atoms. The van der Waals surface area contributed by atoms with E-state index in [4.69, 9.17) is 11.6 Å². The van der Waals surface area contributed by atoms with Crippen molar-refractivity contribution in [2.45, 2.75) is 12.8 Å². The van der Waals surface area contributed by atoms with Crippen LogP contribution in [0.15, 0.2) is 30.7 Å². The lowest BCUT2D eigenvalue weighted by Crippen LogP contribution is -2.03. The van der Waals surface area contributed by atoms with Crippen LogP contribution in [0.2, 0.25) is 5.15 Å². The number of aromatic nitrogens is 3. The number of rotatable bonds is 5. The minimum absolute atomic E-state index is 0.510. The zero-order valence-electron chi connectivity index (χ0n) is 8.78. The lowest BCUT2D eigenvalue weighted by atomic mass is 10.3. The van der Waals surface area contributed by atoms with Crippen molar-refractivity contribution in [1.29, 1.82) is 0 Å². The highest BCUT2D eigenvalue weighted by molar-refractivity contribution is 6.29. The molecule has 4 nitrogen and oxygen atoms in total. The van der Waals surface area contributed by atoms with Gasteiger partial charge in [0.05, 0.1) is 0 Å². The molecule has 0 radical (unpaired) electrons. The van der Waals surface area contributed by atoms with E-state index in [2.05, 4.69) is 20.3 Å². The molecule has 0 unspecified atom stereocenters. The standard InChI is InChI=1S/C11H13ClN4/c12-10-8-9(3-5-14-10)13-4-1-2-11-15-6-7-16-11/h3,5-8H,1-2,4H2,(H,13,14)(H,15,16). The number of pyridine rings is 1. The molecular formula is C11H13ClN4. The van der Waals surface area contributed by atoms with E-state index in [1.807, 2.05) is 18.3 Å². The molecule has 2 aromatic heterocycles. The topological polar surface area (TPSA) is 53.6 Å². The molecule has 0 aliphatic carbocycles. The molecule has 0 spiro atoms. The second-order valence-electron chi connectivity index (χ2n) is 3.43. The molecule has 0 saturated carbocycles. The van der Waals surface area contributed by atoms with Crippen LogP contribution < -0.4 is 5.32 Å². The van der Waals surface area contributed by atoms with Crippen molar-refractivity contribution in [2.24, 2.45) is 0 Å². The summed E-state index contributed by atoms with van der Waals surface area (Å²) in [5.41, 5.74) is 0.999. The first-order chi connectivity index (χ1) is 7.84. The summed E-state index contributed by atoms with van der Waals surface area (Å²) < 4.78 is 0.